The van der Waals surface area contributed by atoms with Gasteiger partial charge in [0.1, 0.15) is 11.5 Å². The quantitative estimate of drug-likeness (QED) is 0.847. The van der Waals surface area contributed by atoms with Crippen molar-refractivity contribution in [1.29, 1.82) is 0 Å². The van der Waals surface area contributed by atoms with Gasteiger partial charge in [0.2, 0.25) is 0 Å². The van der Waals surface area contributed by atoms with Crippen molar-refractivity contribution in [2.75, 3.05) is 31.2 Å². The zero-order valence-corrected chi connectivity index (χ0v) is 16.7. The first-order valence-corrected chi connectivity index (χ1v) is 9.59. The van der Waals surface area contributed by atoms with E-state index in [0.29, 0.717) is 5.82 Å². The number of ether oxygens (including phenoxy) is 1. The molecule has 0 spiro atoms. The SMILES string of the molecule is CC(C)c1ncc(Cl)c(C(=O)NC(C)c2ccc(N3CCOCC3)cc2)n1. The van der Waals surface area contributed by atoms with Gasteiger partial charge in [0.15, 0.2) is 0 Å². The minimum absolute atomic E-state index is 0.124. The van der Waals surface area contributed by atoms with E-state index in [1.807, 2.05) is 32.9 Å². The van der Waals surface area contributed by atoms with E-state index in [1.54, 1.807) is 0 Å². The third kappa shape index (κ3) is 4.76. The predicted molar refractivity (Wildman–Crippen MR) is 106 cm³/mol. The second kappa shape index (κ2) is 8.67. The molecular weight excluding hydrogens is 364 g/mol. The molecule has 27 heavy (non-hydrogen) atoms. The van der Waals surface area contributed by atoms with Crippen molar-refractivity contribution in [3.63, 3.8) is 0 Å². The molecule has 0 radical (unpaired) electrons. The number of carbonyl (C=O) groups excluding carboxylic acids is 1. The van der Waals surface area contributed by atoms with E-state index in [4.69, 9.17) is 16.3 Å². The number of morpholine rings is 1. The third-order valence-electron chi connectivity index (χ3n) is 4.61. The van der Waals surface area contributed by atoms with Crippen molar-refractivity contribution in [3.8, 4) is 0 Å². The van der Waals surface area contributed by atoms with Crippen LogP contribution < -0.4 is 10.2 Å². The number of amides is 1. The second-order valence-electron chi connectivity index (χ2n) is 6.97. The van der Waals surface area contributed by atoms with E-state index in [-0.39, 0.29) is 28.6 Å². The fourth-order valence-corrected chi connectivity index (χ4v) is 3.14. The number of hydrogen-bond donors (Lipinski definition) is 1. The second-order valence-corrected chi connectivity index (χ2v) is 7.37. The monoisotopic (exact) mass is 388 g/mol. The van der Waals surface area contributed by atoms with Crippen molar-refractivity contribution in [2.24, 2.45) is 0 Å². The van der Waals surface area contributed by atoms with Crippen LogP contribution in [-0.4, -0.2) is 42.2 Å². The van der Waals surface area contributed by atoms with Crippen molar-refractivity contribution in [1.82, 2.24) is 15.3 Å². The summed E-state index contributed by atoms with van der Waals surface area (Å²) >= 11 is 6.13. The highest BCUT2D eigenvalue weighted by atomic mass is 35.5. The smallest absolute Gasteiger partial charge is 0.272 e. The van der Waals surface area contributed by atoms with Crippen molar-refractivity contribution < 1.29 is 9.53 Å². The Morgan fingerprint density at radius 1 is 1.19 bits per heavy atom. The van der Waals surface area contributed by atoms with Crippen LogP contribution >= 0.6 is 11.6 Å². The molecule has 1 amide bonds. The first-order chi connectivity index (χ1) is 13.0. The summed E-state index contributed by atoms with van der Waals surface area (Å²) in [6, 6.07) is 8.08. The van der Waals surface area contributed by atoms with E-state index in [9.17, 15) is 4.79 Å². The van der Waals surface area contributed by atoms with Gasteiger partial charge in [0.05, 0.1) is 30.5 Å². The summed E-state index contributed by atoms with van der Waals surface area (Å²) in [5.74, 6) is 0.431. The Bertz CT molecular complexity index is 789. The van der Waals surface area contributed by atoms with E-state index in [2.05, 4.69) is 32.3 Å². The fraction of sp³-hybridized carbons (Fsp3) is 0.450. The normalized spacial score (nSPS) is 15.7. The Balaban J connectivity index is 1.68. The van der Waals surface area contributed by atoms with Gasteiger partial charge in [-0.05, 0) is 24.6 Å². The van der Waals surface area contributed by atoms with E-state index >= 15 is 0 Å². The van der Waals surface area contributed by atoms with E-state index in [1.165, 1.54) is 11.9 Å². The molecule has 1 aliphatic rings. The summed E-state index contributed by atoms with van der Waals surface area (Å²) in [5.41, 5.74) is 2.41. The first-order valence-electron chi connectivity index (χ1n) is 9.21. The predicted octanol–water partition coefficient (Wildman–Crippen LogP) is 3.58. The van der Waals surface area contributed by atoms with E-state index in [0.717, 1.165) is 31.9 Å². The molecule has 6 nitrogen and oxygen atoms in total. The van der Waals surface area contributed by atoms with Gasteiger partial charge in [-0.3, -0.25) is 4.79 Å². The van der Waals surface area contributed by atoms with Gasteiger partial charge in [0.25, 0.3) is 5.91 Å². The number of nitrogens with zero attached hydrogens (tertiary/aromatic N) is 3. The topological polar surface area (TPSA) is 67.4 Å². The van der Waals surface area contributed by atoms with Crippen LogP contribution in [0, 0.1) is 0 Å². The molecule has 2 heterocycles. The summed E-state index contributed by atoms with van der Waals surface area (Å²) < 4.78 is 5.39. The van der Waals surface area contributed by atoms with Gasteiger partial charge in [0, 0.05) is 24.7 Å². The van der Waals surface area contributed by atoms with Crippen molar-refractivity contribution in [2.45, 2.75) is 32.7 Å². The Hall–Kier alpha value is -2.18. The summed E-state index contributed by atoms with van der Waals surface area (Å²) in [7, 11) is 0. The van der Waals surface area contributed by atoms with Gasteiger partial charge in [-0.1, -0.05) is 37.6 Å². The highest BCUT2D eigenvalue weighted by molar-refractivity contribution is 6.33. The number of nitrogens with one attached hydrogen (secondary N) is 1. The molecule has 144 valence electrons. The van der Waals surface area contributed by atoms with Crippen LogP contribution in [-0.2, 0) is 4.74 Å². The van der Waals surface area contributed by atoms with Gasteiger partial charge in [-0.25, -0.2) is 9.97 Å². The molecule has 1 fully saturated rings. The van der Waals surface area contributed by atoms with Crippen LogP contribution in [0.4, 0.5) is 5.69 Å². The van der Waals surface area contributed by atoms with Crippen molar-refractivity contribution in [3.05, 3.63) is 52.6 Å². The number of halogens is 1. The standard InChI is InChI=1S/C20H25ClN4O2/c1-13(2)19-22-12-17(21)18(24-19)20(26)23-14(3)15-4-6-16(7-5-15)25-8-10-27-11-9-25/h4-7,12-14H,8-11H2,1-3H3,(H,23,26). The largest absolute Gasteiger partial charge is 0.378 e. The minimum atomic E-state index is -0.297. The Labute approximate surface area is 164 Å². The Kier molecular flexibility index (Phi) is 6.29. The molecule has 1 N–H and O–H groups in total. The lowest BCUT2D eigenvalue weighted by molar-refractivity contribution is 0.0934. The van der Waals surface area contributed by atoms with E-state index < -0.39 is 0 Å². The third-order valence-corrected chi connectivity index (χ3v) is 4.89. The summed E-state index contributed by atoms with van der Waals surface area (Å²) in [6.07, 6.45) is 1.49. The lowest BCUT2D eigenvalue weighted by atomic mass is 10.1. The van der Waals surface area contributed by atoms with Crippen LogP contribution in [0.5, 0.6) is 0 Å². The number of anilines is 1. The highest BCUT2D eigenvalue weighted by Crippen LogP contribution is 2.21. The molecular formula is C20H25ClN4O2. The maximum absolute atomic E-state index is 12.6. The van der Waals surface area contributed by atoms with Crippen LogP contribution in [0.2, 0.25) is 5.02 Å². The minimum Gasteiger partial charge on any atom is -0.378 e. The number of carbonyl (C=O) groups is 1. The summed E-state index contributed by atoms with van der Waals surface area (Å²) in [4.78, 5) is 23.4. The molecule has 0 bridgehead atoms. The number of hydrogen-bond acceptors (Lipinski definition) is 5. The average molecular weight is 389 g/mol. The lowest BCUT2D eigenvalue weighted by Gasteiger charge is -2.29. The molecule has 7 heteroatoms. The Morgan fingerprint density at radius 3 is 2.48 bits per heavy atom. The highest BCUT2D eigenvalue weighted by Gasteiger charge is 2.18. The van der Waals surface area contributed by atoms with Crippen LogP contribution in [0.3, 0.4) is 0 Å². The van der Waals surface area contributed by atoms with Crippen LogP contribution in [0.25, 0.3) is 0 Å². The van der Waals surface area contributed by atoms with Gasteiger partial charge < -0.3 is 15.0 Å². The number of benzene rings is 1. The molecule has 1 atom stereocenters. The zero-order chi connectivity index (χ0) is 19.4. The maximum atomic E-state index is 12.6. The number of rotatable bonds is 5. The molecule has 2 aromatic rings. The summed E-state index contributed by atoms with van der Waals surface area (Å²) in [5, 5.41) is 3.23. The molecule has 1 aliphatic heterocycles. The molecule has 1 aromatic carbocycles. The van der Waals surface area contributed by atoms with Crippen LogP contribution in [0.1, 0.15) is 54.6 Å². The van der Waals surface area contributed by atoms with Crippen LogP contribution in [0.15, 0.2) is 30.5 Å². The number of aromatic nitrogens is 2. The molecule has 0 saturated carbocycles. The van der Waals surface area contributed by atoms with Gasteiger partial charge >= 0.3 is 0 Å². The fourth-order valence-electron chi connectivity index (χ4n) is 2.96. The average Bonchev–Trinajstić information content (AvgIpc) is 2.68. The maximum Gasteiger partial charge on any atom is 0.272 e. The van der Waals surface area contributed by atoms with Gasteiger partial charge in [-0.2, -0.15) is 0 Å². The molecule has 0 aliphatic carbocycles. The molecule has 3 rings (SSSR count). The van der Waals surface area contributed by atoms with Crippen molar-refractivity contribution >= 4 is 23.2 Å². The molecule has 1 saturated heterocycles. The van der Waals surface area contributed by atoms with Gasteiger partial charge in [-0.15, -0.1) is 0 Å². The first kappa shape index (κ1) is 19.6. The molecule has 1 unspecified atom stereocenters. The lowest BCUT2D eigenvalue weighted by Crippen LogP contribution is -2.36. The summed E-state index contributed by atoms with van der Waals surface area (Å²) in [6.45, 7) is 9.21. The Morgan fingerprint density at radius 2 is 1.85 bits per heavy atom. The molecule has 1 aromatic heterocycles. The zero-order valence-electron chi connectivity index (χ0n) is 15.9.